The fourth-order valence-corrected chi connectivity index (χ4v) is 3.62. The number of rotatable bonds is 4. The Morgan fingerprint density at radius 2 is 1.81 bits per heavy atom. The Morgan fingerprint density at radius 3 is 2.46 bits per heavy atom. The van der Waals surface area contributed by atoms with Crippen LogP contribution in [0.2, 0.25) is 5.02 Å². The van der Waals surface area contributed by atoms with Gasteiger partial charge in [0, 0.05) is 34.2 Å². The van der Waals surface area contributed by atoms with E-state index in [0.717, 1.165) is 22.9 Å². The van der Waals surface area contributed by atoms with E-state index in [1.54, 1.807) is 12.1 Å². The molecular formula is C20H20BrClN2O2. The Labute approximate surface area is 166 Å². The third kappa shape index (κ3) is 5.08. The number of piperidine rings is 1. The molecule has 0 aliphatic carbocycles. The Hall–Kier alpha value is -1.85. The first-order valence-corrected chi connectivity index (χ1v) is 9.77. The molecule has 0 radical (unpaired) electrons. The van der Waals surface area contributed by atoms with Gasteiger partial charge in [0.25, 0.3) is 5.91 Å². The van der Waals surface area contributed by atoms with Crippen LogP contribution in [0.25, 0.3) is 0 Å². The van der Waals surface area contributed by atoms with E-state index in [1.165, 1.54) is 0 Å². The van der Waals surface area contributed by atoms with Crippen LogP contribution in [0.3, 0.4) is 0 Å². The first-order valence-electron chi connectivity index (χ1n) is 8.60. The van der Waals surface area contributed by atoms with E-state index in [1.807, 2.05) is 41.3 Å². The van der Waals surface area contributed by atoms with Crippen molar-refractivity contribution in [3.05, 3.63) is 69.2 Å². The summed E-state index contributed by atoms with van der Waals surface area (Å²) in [7, 11) is 0. The van der Waals surface area contributed by atoms with Crippen molar-refractivity contribution in [2.75, 3.05) is 13.1 Å². The second kappa shape index (κ2) is 8.69. The maximum absolute atomic E-state index is 12.6. The highest BCUT2D eigenvalue weighted by Crippen LogP contribution is 2.17. The van der Waals surface area contributed by atoms with Crippen molar-refractivity contribution in [2.24, 2.45) is 0 Å². The Kier molecular flexibility index (Phi) is 6.33. The van der Waals surface area contributed by atoms with Crippen LogP contribution in [0.1, 0.15) is 28.8 Å². The minimum Gasteiger partial charge on any atom is -0.353 e. The molecule has 1 saturated heterocycles. The number of hydrogen-bond acceptors (Lipinski definition) is 2. The van der Waals surface area contributed by atoms with Crippen molar-refractivity contribution in [3.8, 4) is 0 Å². The van der Waals surface area contributed by atoms with Gasteiger partial charge in [0.1, 0.15) is 0 Å². The number of amides is 2. The zero-order valence-corrected chi connectivity index (χ0v) is 16.6. The molecule has 1 heterocycles. The van der Waals surface area contributed by atoms with Crippen molar-refractivity contribution in [2.45, 2.75) is 25.3 Å². The number of carbonyl (C=O) groups excluding carboxylic acids is 2. The lowest BCUT2D eigenvalue weighted by molar-refractivity contribution is -0.121. The van der Waals surface area contributed by atoms with Crippen molar-refractivity contribution in [3.63, 3.8) is 0 Å². The molecular weight excluding hydrogens is 416 g/mol. The lowest BCUT2D eigenvalue weighted by atomic mass is 10.0. The monoisotopic (exact) mass is 434 g/mol. The van der Waals surface area contributed by atoms with Crippen LogP contribution in [0, 0.1) is 0 Å². The van der Waals surface area contributed by atoms with Crippen molar-refractivity contribution < 1.29 is 9.59 Å². The van der Waals surface area contributed by atoms with Crippen LogP contribution in [-0.4, -0.2) is 35.8 Å². The molecule has 1 N–H and O–H groups in total. The van der Waals surface area contributed by atoms with Crippen LogP contribution in [0.4, 0.5) is 0 Å². The van der Waals surface area contributed by atoms with Gasteiger partial charge in [-0.2, -0.15) is 0 Å². The minimum absolute atomic E-state index is 0.00379. The van der Waals surface area contributed by atoms with Gasteiger partial charge in [-0.3, -0.25) is 9.59 Å². The Bertz CT molecular complexity index is 787. The SMILES string of the molecule is O=C(Cc1ccc(Cl)cc1)NC1CCN(C(=O)c2cccc(Br)c2)CC1. The molecule has 0 bridgehead atoms. The van der Waals surface area contributed by atoms with Gasteiger partial charge < -0.3 is 10.2 Å². The maximum Gasteiger partial charge on any atom is 0.253 e. The summed E-state index contributed by atoms with van der Waals surface area (Å²) in [6.07, 6.45) is 1.88. The molecule has 3 rings (SSSR count). The normalized spacial score (nSPS) is 14.9. The average molecular weight is 436 g/mol. The summed E-state index contributed by atoms with van der Waals surface area (Å²) < 4.78 is 0.896. The predicted octanol–water partition coefficient (Wildman–Crippen LogP) is 4.07. The fraction of sp³-hybridized carbons (Fsp3) is 0.300. The predicted molar refractivity (Wildman–Crippen MR) is 106 cm³/mol. The van der Waals surface area contributed by atoms with Crippen molar-refractivity contribution in [1.29, 1.82) is 0 Å². The first kappa shape index (κ1) is 18.9. The van der Waals surface area contributed by atoms with E-state index < -0.39 is 0 Å². The van der Waals surface area contributed by atoms with Gasteiger partial charge in [0.05, 0.1) is 6.42 Å². The highest BCUT2D eigenvalue weighted by molar-refractivity contribution is 9.10. The van der Waals surface area contributed by atoms with Crippen molar-refractivity contribution >= 4 is 39.3 Å². The zero-order valence-electron chi connectivity index (χ0n) is 14.3. The van der Waals surface area contributed by atoms with Crippen LogP contribution >= 0.6 is 27.5 Å². The summed E-state index contributed by atoms with van der Waals surface area (Å²) in [5.74, 6) is 0.0429. The molecule has 1 aliphatic rings. The van der Waals surface area contributed by atoms with Crippen molar-refractivity contribution in [1.82, 2.24) is 10.2 Å². The summed E-state index contributed by atoms with van der Waals surface area (Å²) in [6, 6.07) is 14.8. The van der Waals surface area contributed by atoms with E-state index in [4.69, 9.17) is 11.6 Å². The average Bonchev–Trinajstić information content (AvgIpc) is 2.64. The summed E-state index contributed by atoms with van der Waals surface area (Å²) >= 11 is 9.26. The van der Waals surface area contributed by atoms with Crippen LogP contribution < -0.4 is 5.32 Å². The number of likely N-dealkylation sites (tertiary alicyclic amines) is 1. The number of nitrogens with zero attached hydrogens (tertiary/aromatic N) is 1. The molecule has 2 amide bonds. The number of hydrogen-bond donors (Lipinski definition) is 1. The van der Waals surface area contributed by atoms with Crippen LogP contribution in [0.5, 0.6) is 0 Å². The zero-order chi connectivity index (χ0) is 18.5. The molecule has 2 aromatic rings. The van der Waals surface area contributed by atoms with E-state index in [0.29, 0.717) is 30.1 Å². The Balaban J connectivity index is 1.48. The summed E-state index contributed by atoms with van der Waals surface area (Å²) in [5, 5.41) is 3.74. The quantitative estimate of drug-likeness (QED) is 0.787. The summed E-state index contributed by atoms with van der Waals surface area (Å²) in [6.45, 7) is 1.30. The van der Waals surface area contributed by atoms with Gasteiger partial charge in [-0.15, -0.1) is 0 Å². The lowest BCUT2D eigenvalue weighted by Crippen LogP contribution is -2.46. The molecule has 0 spiro atoms. The first-order chi connectivity index (χ1) is 12.5. The molecule has 6 heteroatoms. The highest BCUT2D eigenvalue weighted by atomic mass is 79.9. The number of halogens is 2. The largest absolute Gasteiger partial charge is 0.353 e. The third-order valence-corrected chi connectivity index (χ3v) is 5.24. The van der Waals surface area contributed by atoms with E-state index in [9.17, 15) is 9.59 Å². The molecule has 0 aromatic heterocycles. The number of benzene rings is 2. The highest BCUT2D eigenvalue weighted by Gasteiger charge is 2.24. The van der Waals surface area contributed by atoms with E-state index >= 15 is 0 Å². The smallest absolute Gasteiger partial charge is 0.253 e. The minimum atomic E-state index is 0.00379. The van der Waals surface area contributed by atoms with E-state index in [-0.39, 0.29) is 17.9 Å². The van der Waals surface area contributed by atoms with Gasteiger partial charge in [-0.1, -0.05) is 45.7 Å². The van der Waals surface area contributed by atoms with E-state index in [2.05, 4.69) is 21.2 Å². The molecule has 136 valence electrons. The molecule has 26 heavy (non-hydrogen) atoms. The third-order valence-electron chi connectivity index (χ3n) is 4.50. The van der Waals surface area contributed by atoms with Gasteiger partial charge >= 0.3 is 0 Å². The Morgan fingerprint density at radius 1 is 1.12 bits per heavy atom. The van der Waals surface area contributed by atoms with Crippen LogP contribution in [-0.2, 0) is 11.2 Å². The number of carbonyl (C=O) groups is 2. The lowest BCUT2D eigenvalue weighted by Gasteiger charge is -2.32. The summed E-state index contributed by atoms with van der Waals surface area (Å²) in [5.41, 5.74) is 1.62. The molecule has 1 aliphatic heterocycles. The summed E-state index contributed by atoms with van der Waals surface area (Å²) in [4.78, 5) is 26.6. The van der Waals surface area contributed by atoms with Gasteiger partial charge in [0.2, 0.25) is 5.91 Å². The fourth-order valence-electron chi connectivity index (χ4n) is 3.10. The second-order valence-electron chi connectivity index (χ2n) is 6.45. The molecule has 0 atom stereocenters. The van der Waals surface area contributed by atoms with Crippen LogP contribution in [0.15, 0.2) is 53.0 Å². The maximum atomic E-state index is 12.6. The van der Waals surface area contributed by atoms with Gasteiger partial charge in [0.15, 0.2) is 0 Å². The molecule has 4 nitrogen and oxygen atoms in total. The molecule has 2 aromatic carbocycles. The second-order valence-corrected chi connectivity index (χ2v) is 7.80. The number of nitrogens with one attached hydrogen (secondary N) is 1. The van der Waals surface area contributed by atoms with Gasteiger partial charge in [-0.25, -0.2) is 0 Å². The standard InChI is InChI=1S/C20H20BrClN2O2/c21-16-3-1-2-15(13-16)20(26)24-10-8-18(9-11-24)23-19(25)12-14-4-6-17(22)7-5-14/h1-7,13,18H,8-12H2,(H,23,25). The molecule has 0 unspecified atom stereocenters. The van der Waals surface area contributed by atoms with Gasteiger partial charge in [-0.05, 0) is 48.7 Å². The topological polar surface area (TPSA) is 49.4 Å². The molecule has 0 saturated carbocycles. The molecule has 1 fully saturated rings.